The van der Waals surface area contributed by atoms with Crippen molar-refractivity contribution in [3.63, 3.8) is 0 Å². The first kappa shape index (κ1) is 21.7. The van der Waals surface area contributed by atoms with Crippen LogP contribution in [-0.4, -0.2) is 78.1 Å². The molecule has 30 heavy (non-hydrogen) atoms. The summed E-state index contributed by atoms with van der Waals surface area (Å²) in [7, 11) is 3.14. The summed E-state index contributed by atoms with van der Waals surface area (Å²) in [5.74, 6) is -1.82. The van der Waals surface area contributed by atoms with E-state index < -0.39 is 17.7 Å². The van der Waals surface area contributed by atoms with Crippen LogP contribution in [0.25, 0.3) is 0 Å². The van der Waals surface area contributed by atoms with Gasteiger partial charge in [0.2, 0.25) is 18.1 Å². The van der Waals surface area contributed by atoms with Crippen LogP contribution in [0.15, 0.2) is 35.3 Å². The molecule has 9 heteroatoms. The normalized spacial score (nSPS) is 24.3. The van der Waals surface area contributed by atoms with Crippen LogP contribution in [0.4, 0.5) is 0 Å². The second-order valence-electron chi connectivity index (χ2n) is 7.94. The second-order valence-corrected chi connectivity index (χ2v) is 7.94. The van der Waals surface area contributed by atoms with Gasteiger partial charge in [-0.15, -0.1) is 4.99 Å². The molecule has 9 nitrogen and oxygen atoms in total. The summed E-state index contributed by atoms with van der Waals surface area (Å²) in [4.78, 5) is 33.0. The van der Waals surface area contributed by atoms with Gasteiger partial charge in [0.15, 0.2) is 0 Å². The Kier molecular flexibility index (Phi) is 7.03. The Morgan fingerprint density at radius 1 is 1.23 bits per heavy atom. The second kappa shape index (κ2) is 9.69. The quantitative estimate of drug-likeness (QED) is 0.250. The molecule has 0 bridgehead atoms. The Morgan fingerprint density at radius 3 is 2.63 bits per heavy atom. The summed E-state index contributed by atoms with van der Waals surface area (Å²) >= 11 is 0. The third-order valence-corrected chi connectivity index (χ3v) is 5.84. The minimum Gasteiger partial charge on any atom is -0.346 e. The maximum absolute atomic E-state index is 13.3. The number of piperidine rings is 1. The number of hydrogen-bond donors (Lipinski definition) is 2. The van der Waals surface area contributed by atoms with Crippen molar-refractivity contribution in [2.24, 2.45) is 16.8 Å². The number of nitrogens with one attached hydrogen (secondary N) is 1. The largest absolute Gasteiger partial charge is 0.346 e. The first-order chi connectivity index (χ1) is 14.4. The molecule has 160 valence electrons. The van der Waals surface area contributed by atoms with Gasteiger partial charge in [0.05, 0.1) is 11.8 Å². The smallest absolute Gasteiger partial charge is 0.258 e. The maximum atomic E-state index is 13.3. The number of hydrogen-bond acceptors (Lipinski definition) is 6. The van der Waals surface area contributed by atoms with Gasteiger partial charge in [0.25, 0.3) is 5.91 Å². The molecule has 0 spiro atoms. The summed E-state index contributed by atoms with van der Waals surface area (Å²) in [6.07, 6.45) is 3.00. The van der Waals surface area contributed by atoms with Crippen LogP contribution in [0, 0.1) is 23.3 Å². The van der Waals surface area contributed by atoms with Gasteiger partial charge in [-0.05, 0) is 24.9 Å². The first-order valence-electron chi connectivity index (χ1n) is 10.2. The van der Waals surface area contributed by atoms with E-state index in [0.29, 0.717) is 37.0 Å². The zero-order chi connectivity index (χ0) is 21.7. The van der Waals surface area contributed by atoms with E-state index in [1.165, 1.54) is 10.5 Å². The van der Waals surface area contributed by atoms with Crippen LogP contribution in [0.5, 0.6) is 0 Å². The number of rotatable bonds is 3. The number of guanidine groups is 1. The van der Waals surface area contributed by atoms with E-state index in [2.05, 4.69) is 22.4 Å². The number of aliphatic imine (C=N–C) groups is 1. The molecule has 0 unspecified atom stereocenters. The molecule has 0 saturated carbocycles. The highest BCUT2D eigenvalue weighted by molar-refractivity contribution is 5.98. The lowest BCUT2D eigenvalue weighted by atomic mass is 9.84. The van der Waals surface area contributed by atoms with E-state index in [1.54, 1.807) is 20.3 Å². The Hall–Kier alpha value is -2.96. The molecule has 2 heterocycles. The van der Waals surface area contributed by atoms with Crippen molar-refractivity contribution in [2.75, 3.05) is 40.3 Å². The van der Waals surface area contributed by atoms with Crippen molar-refractivity contribution in [2.45, 2.75) is 18.8 Å². The van der Waals surface area contributed by atoms with Crippen LogP contribution in [0.1, 0.15) is 24.3 Å². The van der Waals surface area contributed by atoms with Crippen LogP contribution in [0.3, 0.4) is 0 Å². The Bertz CT molecular complexity index is 835. The number of amides is 2. The van der Waals surface area contributed by atoms with Gasteiger partial charge in [-0.1, -0.05) is 30.3 Å². The van der Waals surface area contributed by atoms with Crippen LogP contribution in [-0.2, 0) is 9.59 Å². The number of carbonyl (C=O) groups excluding carboxylic acids is 2. The first-order valence-corrected chi connectivity index (χ1v) is 10.2. The van der Waals surface area contributed by atoms with Gasteiger partial charge in [0, 0.05) is 39.6 Å². The molecule has 0 aliphatic carbocycles. The molecule has 2 fully saturated rings. The molecule has 2 saturated heterocycles. The molecule has 0 radical (unpaired) electrons. The van der Waals surface area contributed by atoms with E-state index in [9.17, 15) is 14.8 Å². The van der Waals surface area contributed by atoms with Crippen molar-refractivity contribution < 1.29 is 14.8 Å². The minimum absolute atomic E-state index is 0.0506. The zero-order valence-electron chi connectivity index (χ0n) is 17.4. The number of nitriles is 1. The third-order valence-electron chi connectivity index (χ3n) is 5.84. The topological polar surface area (TPSA) is 112 Å². The average molecular weight is 412 g/mol. The molecule has 2 N–H and O–H groups in total. The molecule has 3 rings (SSSR count). The number of nitrogens with zero attached hydrogens (tertiary/aromatic N) is 5. The molecule has 3 atom stereocenters. The van der Waals surface area contributed by atoms with E-state index in [-0.39, 0.29) is 18.4 Å². The molecule has 2 amide bonds. The summed E-state index contributed by atoms with van der Waals surface area (Å²) in [6.45, 7) is 2.21. The van der Waals surface area contributed by atoms with E-state index in [1.807, 2.05) is 23.1 Å². The average Bonchev–Trinajstić information content (AvgIpc) is 3.27. The molecule has 2 aliphatic heterocycles. The van der Waals surface area contributed by atoms with Gasteiger partial charge in [0.1, 0.15) is 0 Å². The fourth-order valence-corrected chi connectivity index (χ4v) is 4.24. The summed E-state index contributed by atoms with van der Waals surface area (Å²) in [6, 6.07) is 10.1. The lowest BCUT2D eigenvalue weighted by Gasteiger charge is -2.35. The van der Waals surface area contributed by atoms with Crippen molar-refractivity contribution in [3.05, 3.63) is 35.9 Å². The van der Waals surface area contributed by atoms with Crippen LogP contribution >= 0.6 is 0 Å². The fraction of sp³-hybridized carbons (Fsp3) is 0.524. The third kappa shape index (κ3) is 4.61. The predicted octanol–water partition coefficient (Wildman–Crippen LogP) is 0.845. The molecule has 0 aromatic heterocycles. The molecule has 1 aromatic rings. The highest BCUT2D eigenvalue weighted by atomic mass is 16.5. The van der Waals surface area contributed by atoms with Crippen LogP contribution < -0.4 is 5.32 Å². The van der Waals surface area contributed by atoms with Crippen molar-refractivity contribution >= 4 is 17.8 Å². The van der Waals surface area contributed by atoms with Crippen molar-refractivity contribution in [1.82, 2.24) is 20.2 Å². The van der Waals surface area contributed by atoms with Gasteiger partial charge in [-0.25, -0.2) is 0 Å². The molecular formula is C21H28N6O3. The highest BCUT2D eigenvalue weighted by Crippen LogP contribution is 2.31. The zero-order valence-corrected chi connectivity index (χ0v) is 17.4. The van der Waals surface area contributed by atoms with Gasteiger partial charge in [-0.3, -0.25) is 14.8 Å². The van der Waals surface area contributed by atoms with Crippen molar-refractivity contribution in [1.29, 1.82) is 5.26 Å². The lowest BCUT2D eigenvalue weighted by molar-refractivity contribution is -0.161. The SMILES string of the molecule is CN(C)C(=NC#N)N(O)C(=O)[C@H]1CNCC[C@@H]1C(=O)N1CC[C@H](c2ccccc2)C1. The van der Waals surface area contributed by atoms with Gasteiger partial charge >= 0.3 is 0 Å². The number of likely N-dealkylation sites (tertiary alicyclic amines) is 1. The molecular weight excluding hydrogens is 384 g/mol. The number of benzene rings is 1. The predicted molar refractivity (Wildman–Crippen MR) is 110 cm³/mol. The molecule has 1 aromatic carbocycles. The highest BCUT2D eigenvalue weighted by Gasteiger charge is 2.42. The fourth-order valence-electron chi connectivity index (χ4n) is 4.24. The number of carbonyl (C=O) groups is 2. The summed E-state index contributed by atoms with van der Waals surface area (Å²) < 4.78 is 0. The van der Waals surface area contributed by atoms with Crippen LogP contribution in [0.2, 0.25) is 0 Å². The van der Waals surface area contributed by atoms with E-state index >= 15 is 0 Å². The maximum Gasteiger partial charge on any atom is 0.258 e. The summed E-state index contributed by atoms with van der Waals surface area (Å²) in [5, 5.41) is 22.8. The number of hydroxylamine groups is 2. The lowest BCUT2D eigenvalue weighted by Crippen LogP contribution is -2.54. The van der Waals surface area contributed by atoms with Gasteiger partial charge in [-0.2, -0.15) is 10.3 Å². The minimum atomic E-state index is -0.726. The Balaban J connectivity index is 1.72. The van der Waals surface area contributed by atoms with E-state index in [0.717, 1.165) is 6.42 Å². The Morgan fingerprint density at radius 2 is 1.97 bits per heavy atom. The van der Waals surface area contributed by atoms with E-state index in [4.69, 9.17) is 5.26 Å². The standard InChI is InChI=1S/C21H28N6O3/c1-25(2)21(24-14-22)27(30)20(29)18-12-23-10-8-17(18)19(28)26-11-9-16(13-26)15-6-4-3-5-7-15/h3-7,16-18,23,30H,8-13H2,1-2H3/t16-,17-,18-/m0/s1. The summed E-state index contributed by atoms with van der Waals surface area (Å²) in [5.41, 5.74) is 1.22. The van der Waals surface area contributed by atoms with Crippen molar-refractivity contribution in [3.8, 4) is 6.19 Å². The molecule has 2 aliphatic rings. The van der Waals surface area contributed by atoms with Gasteiger partial charge < -0.3 is 15.1 Å². The monoisotopic (exact) mass is 412 g/mol. The Labute approximate surface area is 176 Å².